The molecule has 1 N–H and O–H groups in total. The Bertz CT molecular complexity index is 793. The van der Waals surface area contributed by atoms with E-state index in [0.717, 1.165) is 38.8 Å². The number of amides is 2. The molecule has 126 valence electrons. The number of hydrogen-bond donors (Lipinski definition) is 1. The maximum atomic E-state index is 12.9. The van der Waals surface area contributed by atoms with E-state index in [9.17, 15) is 9.59 Å². The van der Waals surface area contributed by atoms with E-state index in [2.05, 4.69) is 17.2 Å². The number of carbonyl (C=O) groups excluding carboxylic acids is 2. The summed E-state index contributed by atoms with van der Waals surface area (Å²) in [4.78, 5) is 31.7. The van der Waals surface area contributed by atoms with E-state index in [4.69, 9.17) is 0 Å². The second-order valence-corrected chi connectivity index (χ2v) is 6.99. The molecule has 2 fully saturated rings. The zero-order valence-corrected chi connectivity index (χ0v) is 13.9. The van der Waals surface area contributed by atoms with Crippen molar-refractivity contribution in [1.29, 1.82) is 0 Å². The van der Waals surface area contributed by atoms with Gasteiger partial charge in [-0.1, -0.05) is 13.0 Å². The zero-order valence-electron chi connectivity index (χ0n) is 13.9. The molecular weight excluding hydrogens is 304 g/mol. The van der Waals surface area contributed by atoms with E-state index >= 15 is 0 Å². The van der Waals surface area contributed by atoms with Gasteiger partial charge in [0.05, 0.1) is 5.52 Å². The fourth-order valence-electron chi connectivity index (χ4n) is 3.36. The lowest BCUT2D eigenvalue weighted by Crippen LogP contribution is -2.39. The molecule has 1 aliphatic heterocycles. The standard InChI is InChI=1S/C18H22N4O2/c1-12-5-4-9-21(11-12)18(24)15-14-6-2-3-10-22(14)16(20-15)17(23)19-13-7-8-13/h2-3,6,10,12-13H,4-5,7-9,11H2,1H3,(H,19,23). The molecule has 0 bridgehead atoms. The van der Waals surface area contributed by atoms with Gasteiger partial charge in [0.1, 0.15) is 0 Å². The van der Waals surface area contributed by atoms with Crippen LogP contribution >= 0.6 is 0 Å². The predicted molar refractivity (Wildman–Crippen MR) is 90.0 cm³/mol. The third-order valence-electron chi connectivity index (χ3n) is 4.81. The number of likely N-dealkylation sites (tertiary alicyclic amines) is 1. The molecule has 2 aromatic heterocycles. The van der Waals surface area contributed by atoms with Gasteiger partial charge in [0, 0.05) is 25.3 Å². The second kappa shape index (κ2) is 5.92. The predicted octanol–water partition coefficient (Wildman–Crippen LogP) is 2.10. The van der Waals surface area contributed by atoms with E-state index < -0.39 is 0 Å². The van der Waals surface area contributed by atoms with Crippen LogP contribution in [0.5, 0.6) is 0 Å². The summed E-state index contributed by atoms with van der Waals surface area (Å²) in [6.07, 6.45) is 6.01. The average Bonchev–Trinajstić information content (AvgIpc) is 3.31. The number of fused-ring (bicyclic) bond motifs is 1. The highest BCUT2D eigenvalue weighted by atomic mass is 16.2. The molecule has 6 nitrogen and oxygen atoms in total. The van der Waals surface area contributed by atoms with E-state index in [1.165, 1.54) is 0 Å². The molecule has 1 unspecified atom stereocenters. The van der Waals surface area contributed by atoms with Crippen LogP contribution in [-0.2, 0) is 0 Å². The maximum Gasteiger partial charge on any atom is 0.287 e. The molecule has 2 aromatic rings. The van der Waals surface area contributed by atoms with Crippen molar-refractivity contribution < 1.29 is 9.59 Å². The van der Waals surface area contributed by atoms with Crippen molar-refractivity contribution in [2.24, 2.45) is 5.92 Å². The van der Waals surface area contributed by atoms with Crippen LogP contribution in [0.15, 0.2) is 24.4 Å². The summed E-state index contributed by atoms with van der Waals surface area (Å²) < 4.78 is 1.72. The number of imidazole rings is 1. The Morgan fingerprint density at radius 2 is 2.08 bits per heavy atom. The van der Waals surface area contributed by atoms with Crippen LogP contribution in [-0.4, -0.2) is 45.2 Å². The van der Waals surface area contributed by atoms with Gasteiger partial charge in [0.25, 0.3) is 11.8 Å². The third-order valence-corrected chi connectivity index (χ3v) is 4.81. The number of pyridine rings is 1. The van der Waals surface area contributed by atoms with Gasteiger partial charge in [0.2, 0.25) is 5.82 Å². The molecule has 1 saturated heterocycles. The Balaban J connectivity index is 1.69. The van der Waals surface area contributed by atoms with Crippen LogP contribution in [0, 0.1) is 5.92 Å². The Kier molecular flexibility index (Phi) is 3.75. The van der Waals surface area contributed by atoms with Gasteiger partial charge in [0.15, 0.2) is 5.69 Å². The van der Waals surface area contributed by atoms with Crippen molar-refractivity contribution in [3.05, 3.63) is 35.9 Å². The van der Waals surface area contributed by atoms with Crippen molar-refractivity contribution in [3.63, 3.8) is 0 Å². The molecule has 6 heteroatoms. The lowest BCUT2D eigenvalue weighted by molar-refractivity contribution is 0.0679. The van der Waals surface area contributed by atoms with Gasteiger partial charge in [-0.2, -0.15) is 0 Å². The molecular formula is C18H22N4O2. The summed E-state index contributed by atoms with van der Waals surface area (Å²) in [7, 11) is 0. The Morgan fingerprint density at radius 3 is 2.83 bits per heavy atom. The SMILES string of the molecule is CC1CCCN(C(=O)c2nc(C(=O)NC3CC3)n3ccccc23)C1. The van der Waals surface area contributed by atoms with Crippen molar-refractivity contribution in [1.82, 2.24) is 19.6 Å². The molecule has 0 radical (unpaired) electrons. The van der Waals surface area contributed by atoms with Crippen LogP contribution < -0.4 is 5.32 Å². The van der Waals surface area contributed by atoms with Crippen LogP contribution in [0.1, 0.15) is 53.7 Å². The Hall–Kier alpha value is -2.37. The highest BCUT2D eigenvalue weighted by molar-refractivity contribution is 6.02. The van der Waals surface area contributed by atoms with E-state index in [1.807, 2.05) is 23.1 Å². The van der Waals surface area contributed by atoms with Gasteiger partial charge in [-0.05, 0) is 43.7 Å². The van der Waals surface area contributed by atoms with Crippen LogP contribution in [0.4, 0.5) is 0 Å². The van der Waals surface area contributed by atoms with Crippen molar-refractivity contribution in [2.45, 2.75) is 38.6 Å². The number of carbonyl (C=O) groups is 2. The molecule has 2 amide bonds. The lowest BCUT2D eigenvalue weighted by atomic mass is 10.00. The molecule has 0 spiro atoms. The third kappa shape index (κ3) is 2.77. The first-order valence-electron chi connectivity index (χ1n) is 8.70. The first kappa shape index (κ1) is 15.2. The maximum absolute atomic E-state index is 12.9. The Morgan fingerprint density at radius 1 is 1.25 bits per heavy atom. The molecule has 0 aromatic carbocycles. The van der Waals surface area contributed by atoms with Gasteiger partial charge in [-0.25, -0.2) is 4.98 Å². The van der Waals surface area contributed by atoms with Crippen molar-refractivity contribution in [3.8, 4) is 0 Å². The van der Waals surface area contributed by atoms with Gasteiger partial charge in [-0.3, -0.25) is 14.0 Å². The molecule has 4 rings (SSSR count). The molecule has 1 atom stereocenters. The van der Waals surface area contributed by atoms with Crippen molar-refractivity contribution >= 4 is 17.3 Å². The number of piperidine rings is 1. The minimum Gasteiger partial charge on any atom is -0.347 e. The lowest BCUT2D eigenvalue weighted by Gasteiger charge is -2.30. The zero-order chi connectivity index (χ0) is 16.7. The summed E-state index contributed by atoms with van der Waals surface area (Å²) in [5.41, 5.74) is 1.08. The fraction of sp³-hybridized carbons (Fsp3) is 0.500. The largest absolute Gasteiger partial charge is 0.347 e. The smallest absolute Gasteiger partial charge is 0.287 e. The second-order valence-electron chi connectivity index (χ2n) is 6.99. The number of aromatic nitrogens is 2. The number of nitrogens with zero attached hydrogens (tertiary/aromatic N) is 3. The van der Waals surface area contributed by atoms with Gasteiger partial charge < -0.3 is 10.2 Å². The summed E-state index contributed by atoms with van der Waals surface area (Å²) >= 11 is 0. The topological polar surface area (TPSA) is 66.7 Å². The fourth-order valence-corrected chi connectivity index (χ4v) is 3.36. The quantitative estimate of drug-likeness (QED) is 0.939. The highest BCUT2D eigenvalue weighted by Crippen LogP contribution is 2.22. The summed E-state index contributed by atoms with van der Waals surface area (Å²) in [5.74, 6) is 0.528. The Labute approximate surface area is 140 Å². The average molecular weight is 326 g/mol. The molecule has 1 saturated carbocycles. The number of rotatable bonds is 3. The van der Waals surface area contributed by atoms with Crippen LogP contribution in [0.2, 0.25) is 0 Å². The number of nitrogens with one attached hydrogen (secondary N) is 1. The van der Waals surface area contributed by atoms with Crippen molar-refractivity contribution in [2.75, 3.05) is 13.1 Å². The summed E-state index contributed by atoms with van der Waals surface area (Å²) in [6.45, 7) is 3.69. The van der Waals surface area contributed by atoms with Crippen LogP contribution in [0.3, 0.4) is 0 Å². The van der Waals surface area contributed by atoms with Gasteiger partial charge >= 0.3 is 0 Å². The molecule has 3 heterocycles. The van der Waals surface area contributed by atoms with Gasteiger partial charge in [-0.15, -0.1) is 0 Å². The monoisotopic (exact) mass is 326 g/mol. The van der Waals surface area contributed by atoms with Crippen LogP contribution in [0.25, 0.3) is 5.52 Å². The van der Waals surface area contributed by atoms with E-state index in [1.54, 1.807) is 10.6 Å². The molecule has 2 aliphatic rings. The minimum absolute atomic E-state index is 0.0734. The first-order chi connectivity index (χ1) is 11.6. The highest BCUT2D eigenvalue weighted by Gasteiger charge is 2.30. The normalized spacial score (nSPS) is 21.0. The summed E-state index contributed by atoms with van der Waals surface area (Å²) in [5, 5.41) is 2.95. The molecule has 24 heavy (non-hydrogen) atoms. The number of hydrogen-bond acceptors (Lipinski definition) is 3. The molecule has 1 aliphatic carbocycles. The first-order valence-corrected chi connectivity index (χ1v) is 8.70. The van der Waals surface area contributed by atoms with E-state index in [-0.39, 0.29) is 17.9 Å². The van der Waals surface area contributed by atoms with E-state index in [0.29, 0.717) is 23.0 Å². The minimum atomic E-state index is -0.204. The summed E-state index contributed by atoms with van der Waals surface area (Å²) in [6, 6.07) is 5.83.